The fraction of sp³-hybridized carbons (Fsp3) is 0.462. The topological polar surface area (TPSA) is 84.3 Å². The van der Waals surface area contributed by atoms with E-state index in [-0.39, 0.29) is 17.6 Å². The largest absolute Gasteiger partial charge is 0.324 e. The summed E-state index contributed by atoms with van der Waals surface area (Å²) in [6, 6.07) is 4.52. The molecule has 6 nitrogen and oxygen atoms in total. The van der Waals surface area contributed by atoms with Crippen LogP contribution in [0.2, 0.25) is 0 Å². The van der Waals surface area contributed by atoms with Crippen LogP contribution in [0.5, 0.6) is 0 Å². The summed E-state index contributed by atoms with van der Waals surface area (Å²) in [6.07, 6.45) is 2.92. The van der Waals surface area contributed by atoms with E-state index in [1.54, 1.807) is 19.1 Å². The molecule has 1 aliphatic rings. The van der Waals surface area contributed by atoms with E-state index < -0.39 is 4.92 Å². The number of carbonyl (C=O) groups is 1. The van der Waals surface area contributed by atoms with Gasteiger partial charge in [-0.25, -0.2) is 0 Å². The predicted molar refractivity (Wildman–Crippen MR) is 72.1 cm³/mol. The van der Waals surface area contributed by atoms with Gasteiger partial charge in [0.2, 0.25) is 5.91 Å². The number of nitro benzene ring substituents is 1. The Balaban J connectivity index is 2.08. The summed E-state index contributed by atoms with van der Waals surface area (Å²) in [4.78, 5) is 22.4. The minimum absolute atomic E-state index is 0.0226. The average Bonchev–Trinajstić information content (AvgIpc) is 2.41. The van der Waals surface area contributed by atoms with Gasteiger partial charge in [0.05, 0.1) is 11.0 Å². The molecule has 1 unspecified atom stereocenters. The van der Waals surface area contributed by atoms with Gasteiger partial charge in [0.1, 0.15) is 0 Å². The number of rotatable bonds is 3. The molecule has 2 rings (SSSR count). The Morgan fingerprint density at radius 3 is 2.89 bits per heavy atom. The molecular formula is C13H17N3O3. The molecule has 0 aliphatic carbocycles. The van der Waals surface area contributed by atoms with Crippen LogP contribution in [-0.4, -0.2) is 23.4 Å². The molecule has 1 fully saturated rings. The zero-order valence-corrected chi connectivity index (χ0v) is 10.8. The Hall–Kier alpha value is -1.95. The van der Waals surface area contributed by atoms with E-state index >= 15 is 0 Å². The zero-order valence-electron chi connectivity index (χ0n) is 10.8. The van der Waals surface area contributed by atoms with Crippen LogP contribution in [0.25, 0.3) is 0 Å². The number of aryl methyl sites for hydroxylation is 1. The maximum atomic E-state index is 12.0. The van der Waals surface area contributed by atoms with E-state index in [0.29, 0.717) is 11.3 Å². The van der Waals surface area contributed by atoms with Gasteiger partial charge in [0, 0.05) is 17.3 Å². The number of amides is 1. The van der Waals surface area contributed by atoms with E-state index in [4.69, 9.17) is 0 Å². The Labute approximate surface area is 111 Å². The summed E-state index contributed by atoms with van der Waals surface area (Å²) >= 11 is 0. The molecule has 1 aliphatic heterocycles. The van der Waals surface area contributed by atoms with Crippen LogP contribution in [0, 0.1) is 17.0 Å². The van der Waals surface area contributed by atoms with Crippen molar-refractivity contribution in [1.82, 2.24) is 5.32 Å². The maximum Gasteiger partial charge on any atom is 0.274 e. The SMILES string of the molecule is Cc1ccc(NC(=O)C2CCCCN2)cc1[N+](=O)[O-]. The van der Waals surface area contributed by atoms with Crippen molar-refractivity contribution in [3.63, 3.8) is 0 Å². The van der Waals surface area contributed by atoms with E-state index in [0.717, 1.165) is 25.8 Å². The number of hydrogen-bond acceptors (Lipinski definition) is 4. The second kappa shape index (κ2) is 5.79. The Bertz CT molecular complexity index is 496. The number of nitro groups is 1. The van der Waals surface area contributed by atoms with E-state index in [9.17, 15) is 14.9 Å². The number of piperidine rings is 1. The molecule has 0 saturated carbocycles. The first-order chi connectivity index (χ1) is 9.08. The molecule has 6 heteroatoms. The van der Waals surface area contributed by atoms with Crippen molar-refractivity contribution in [2.45, 2.75) is 32.2 Å². The van der Waals surface area contributed by atoms with Crippen LogP contribution in [0.15, 0.2) is 18.2 Å². The third kappa shape index (κ3) is 3.29. The second-order valence-corrected chi connectivity index (χ2v) is 4.75. The molecule has 1 heterocycles. The summed E-state index contributed by atoms with van der Waals surface area (Å²) in [7, 11) is 0. The zero-order chi connectivity index (χ0) is 13.8. The summed E-state index contributed by atoms with van der Waals surface area (Å²) in [5.41, 5.74) is 1.07. The van der Waals surface area contributed by atoms with Gasteiger partial charge in [-0.2, -0.15) is 0 Å². The van der Waals surface area contributed by atoms with Gasteiger partial charge < -0.3 is 10.6 Å². The minimum atomic E-state index is -0.441. The number of benzene rings is 1. The highest BCUT2D eigenvalue weighted by molar-refractivity contribution is 5.95. The van der Waals surface area contributed by atoms with Crippen molar-refractivity contribution in [3.8, 4) is 0 Å². The maximum absolute atomic E-state index is 12.0. The van der Waals surface area contributed by atoms with Gasteiger partial charge in [-0.15, -0.1) is 0 Å². The molecule has 1 atom stereocenters. The molecule has 102 valence electrons. The minimum Gasteiger partial charge on any atom is -0.324 e. The summed E-state index contributed by atoms with van der Waals surface area (Å²) < 4.78 is 0. The van der Waals surface area contributed by atoms with Crippen LogP contribution in [0.1, 0.15) is 24.8 Å². The molecular weight excluding hydrogens is 246 g/mol. The molecule has 1 amide bonds. The van der Waals surface area contributed by atoms with E-state index in [1.165, 1.54) is 6.07 Å². The Morgan fingerprint density at radius 1 is 1.47 bits per heavy atom. The van der Waals surface area contributed by atoms with Crippen LogP contribution in [0.4, 0.5) is 11.4 Å². The Morgan fingerprint density at radius 2 is 2.26 bits per heavy atom. The molecule has 2 N–H and O–H groups in total. The lowest BCUT2D eigenvalue weighted by molar-refractivity contribution is -0.385. The van der Waals surface area contributed by atoms with E-state index in [1.807, 2.05) is 0 Å². The first-order valence-electron chi connectivity index (χ1n) is 6.37. The highest BCUT2D eigenvalue weighted by Gasteiger charge is 2.21. The van der Waals surface area contributed by atoms with E-state index in [2.05, 4.69) is 10.6 Å². The Kier molecular flexibility index (Phi) is 4.11. The van der Waals surface area contributed by atoms with Crippen molar-refractivity contribution in [2.75, 3.05) is 11.9 Å². The average molecular weight is 263 g/mol. The van der Waals surface area contributed by atoms with Gasteiger partial charge in [0.25, 0.3) is 5.69 Å². The van der Waals surface area contributed by atoms with Crippen molar-refractivity contribution in [2.24, 2.45) is 0 Å². The van der Waals surface area contributed by atoms with Gasteiger partial charge in [-0.05, 0) is 32.4 Å². The molecule has 0 spiro atoms. The molecule has 1 aromatic carbocycles. The first-order valence-corrected chi connectivity index (χ1v) is 6.37. The number of carbonyl (C=O) groups excluding carboxylic acids is 1. The van der Waals surface area contributed by atoms with Crippen LogP contribution in [0.3, 0.4) is 0 Å². The molecule has 1 saturated heterocycles. The standard InChI is InChI=1S/C13H17N3O3/c1-9-5-6-10(8-12(9)16(18)19)15-13(17)11-4-2-3-7-14-11/h5-6,8,11,14H,2-4,7H2,1H3,(H,15,17). The predicted octanol–water partition coefficient (Wildman–Crippen LogP) is 1.98. The molecule has 0 radical (unpaired) electrons. The lowest BCUT2D eigenvalue weighted by Crippen LogP contribution is -2.43. The smallest absolute Gasteiger partial charge is 0.274 e. The second-order valence-electron chi connectivity index (χ2n) is 4.75. The summed E-state index contributed by atoms with van der Waals surface area (Å²) in [5, 5.41) is 16.7. The van der Waals surface area contributed by atoms with Gasteiger partial charge in [0.15, 0.2) is 0 Å². The quantitative estimate of drug-likeness (QED) is 0.645. The van der Waals surface area contributed by atoms with Crippen molar-refractivity contribution >= 4 is 17.3 Å². The highest BCUT2D eigenvalue weighted by atomic mass is 16.6. The molecule has 19 heavy (non-hydrogen) atoms. The van der Waals surface area contributed by atoms with Gasteiger partial charge in [-0.1, -0.05) is 12.5 Å². The monoisotopic (exact) mass is 263 g/mol. The van der Waals surface area contributed by atoms with Gasteiger partial charge >= 0.3 is 0 Å². The summed E-state index contributed by atoms with van der Waals surface area (Å²) in [6.45, 7) is 2.51. The highest BCUT2D eigenvalue weighted by Crippen LogP contribution is 2.22. The molecule has 1 aromatic rings. The first kappa shape index (κ1) is 13.5. The van der Waals surface area contributed by atoms with Crippen LogP contribution < -0.4 is 10.6 Å². The van der Waals surface area contributed by atoms with Crippen molar-refractivity contribution in [3.05, 3.63) is 33.9 Å². The number of hydrogen-bond donors (Lipinski definition) is 2. The molecule has 0 aromatic heterocycles. The number of nitrogens with zero attached hydrogens (tertiary/aromatic N) is 1. The van der Waals surface area contributed by atoms with Gasteiger partial charge in [-0.3, -0.25) is 14.9 Å². The number of nitrogens with one attached hydrogen (secondary N) is 2. The van der Waals surface area contributed by atoms with Crippen molar-refractivity contribution < 1.29 is 9.72 Å². The molecule has 0 bridgehead atoms. The van der Waals surface area contributed by atoms with Crippen LogP contribution in [-0.2, 0) is 4.79 Å². The fourth-order valence-corrected chi connectivity index (χ4v) is 2.19. The summed E-state index contributed by atoms with van der Waals surface area (Å²) in [5.74, 6) is -0.127. The normalized spacial score (nSPS) is 18.9. The third-order valence-corrected chi connectivity index (χ3v) is 3.30. The van der Waals surface area contributed by atoms with Crippen molar-refractivity contribution in [1.29, 1.82) is 0 Å². The fourth-order valence-electron chi connectivity index (χ4n) is 2.19. The number of anilines is 1. The lowest BCUT2D eigenvalue weighted by atomic mass is 10.0. The third-order valence-electron chi connectivity index (χ3n) is 3.30. The van der Waals surface area contributed by atoms with Crippen LogP contribution >= 0.6 is 0 Å². The lowest BCUT2D eigenvalue weighted by Gasteiger charge is -2.22.